The van der Waals surface area contributed by atoms with Crippen LogP contribution in [0.3, 0.4) is 0 Å². The van der Waals surface area contributed by atoms with Crippen molar-refractivity contribution in [3.63, 3.8) is 0 Å². The predicted molar refractivity (Wildman–Crippen MR) is 90.8 cm³/mol. The summed E-state index contributed by atoms with van der Waals surface area (Å²) in [6, 6.07) is 7.42. The Balaban J connectivity index is 1.50. The molecule has 25 heavy (non-hydrogen) atoms. The largest absolute Gasteiger partial charge is 0.497 e. The molecule has 3 saturated heterocycles. The third-order valence-corrected chi connectivity index (χ3v) is 7.84. The average Bonchev–Trinajstić information content (AvgIpc) is 2.94. The Bertz CT molecular complexity index is 794. The van der Waals surface area contributed by atoms with Gasteiger partial charge in [0.05, 0.1) is 26.2 Å². The van der Waals surface area contributed by atoms with Crippen LogP contribution in [0.15, 0.2) is 24.3 Å². The van der Waals surface area contributed by atoms with E-state index in [0.29, 0.717) is 32.5 Å². The van der Waals surface area contributed by atoms with E-state index >= 15 is 0 Å². The summed E-state index contributed by atoms with van der Waals surface area (Å²) in [5.41, 5.74) is 0.140. The molecule has 0 N–H and O–H groups in total. The number of carbonyl (C=O) groups excluding carboxylic acids is 1. The van der Waals surface area contributed by atoms with Gasteiger partial charge in [0.1, 0.15) is 16.6 Å². The molecular formula is C17H22N2O5S. The number of likely N-dealkylation sites (N-methyl/N-ethyl adjacent to an activating group) is 1. The lowest BCUT2D eigenvalue weighted by atomic mass is 9.99. The molecule has 0 aromatic heterocycles. The van der Waals surface area contributed by atoms with Crippen LogP contribution in [-0.4, -0.2) is 74.3 Å². The highest BCUT2D eigenvalue weighted by atomic mass is 32.2. The molecule has 1 aromatic rings. The van der Waals surface area contributed by atoms with Crippen LogP contribution in [0, 0.1) is 0 Å². The second kappa shape index (κ2) is 5.69. The van der Waals surface area contributed by atoms with Gasteiger partial charge in [0, 0.05) is 20.1 Å². The summed E-state index contributed by atoms with van der Waals surface area (Å²) < 4.78 is 37.5. The fraction of sp³-hybridized carbons (Fsp3) is 0.588. The predicted octanol–water partition coefficient (Wildman–Crippen LogP) is 0.251. The van der Waals surface area contributed by atoms with Gasteiger partial charge in [-0.1, -0.05) is 12.1 Å². The van der Waals surface area contributed by atoms with Crippen molar-refractivity contribution in [3.8, 4) is 5.75 Å². The van der Waals surface area contributed by atoms with Crippen molar-refractivity contribution in [1.29, 1.82) is 0 Å². The number of benzene rings is 1. The minimum Gasteiger partial charge on any atom is -0.497 e. The van der Waals surface area contributed by atoms with E-state index in [4.69, 9.17) is 9.47 Å². The van der Waals surface area contributed by atoms with Crippen LogP contribution >= 0.6 is 0 Å². The molecule has 3 heterocycles. The first-order valence-electron chi connectivity index (χ1n) is 8.38. The summed E-state index contributed by atoms with van der Waals surface area (Å²) in [6.45, 7) is 1.13. The molecule has 3 fully saturated rings. The standard InChI is InChI=1S/C17H22N2O5S/c1-18-10-17-11-19(9-14(24-17)8-15(17)25(18,21)22)16(20)7-12-3-5-13(23-2)6-4-12/h3-6,14-15H,7-11H2,1-2H3/t14-,15+,17-/m1/s1. The molecule has 0 radical (unpaired) electrons. The lowest BCUT2D eigenvalue weighted by Crippen LogP contribution is -2.56. The second-order valence-electron chi connectivity index (χ2n) is 7.13. The number of hydrogen-bond acceptors (Lipinski definition) is 5. The van der Waals surface area contributed by atoms with E-state index in [1.165, 1.54) is 4.31 Å². The van der Waals surface area contributed by atoms with Crippen molar-refractivity contribution < 1.29 is 22.7 Å². The topological polar surface area (TPSA) is 76.2 Å². The Morgan fingerprint density at radius 3 is 2.72 bits per heavy atom. The first-order valence-corrected chi connectivity index (χ1v) is 9.88. The first kappa shape index (κ1) is 16.8. The van der Waals surface area contributed by atoms with Crippen LogP contribution in [-0.2, 0) is 26.0 Å². The Morgan fingerprint density at radius 2 is 2.04 bits per heavy atom. The molecule has 0 aliphatic carbocycles. The van der Waals surface area contributed by atoms with Gasteiger partial charge in [-0.05, 0) is 24.1 Å². The Labute approximate surface area is 147 Å². The molecule has 3 aliphatic rings. The number of sulfonamides is 1. The summed E-state index contributed by atoms with van der Waals surface area (Å²) in [7, 11) is -0.140. The van der Waals surface area contributed by atoms with Crippen molar-refractivity contribution in [3.05, 3.63) is 29.8 Å². The maximum Gasteiger partial charge on any atom is 0.227 e. The number of morpholine rings is 1. The summed E-state index contributed by atoms with van der Waals surface area (Å²) in [5, 5.41) is -0.534. The Hall–Kier alpha value is -1.64. The number of likely N-dealkylation sites (tertiary alicyclic amines) is 1. The smallest absolute Gasteiger partial charge is 0.227 e. The molecule has 4 rings (SSSR count). The number of carbonyl (C=O) groups is 1. The highest BCUT2D eigenvalue weighted by Crippen LogP contribution is 2.45. The maximum absolute atomic E-state index is 12.7. The van der Waals surface area contributed by atoms with Crippen molar-refractivity contribution >= 4 is 15.9 Å². The molecular weight excluding hydrogens is 344 g/mol. The van der Waals surface area contributed by atoms with E-state index in [2.05, 4.69) is 0 Å². The fourth-order valence-corrected chi connectivity index (χ4v) is 6.32. The molecule has 0 unspecified atom stereocenters. The Kier molecular flexibility index (Phi) is 3.82. The number of ether oxygens (including phenoxy) is 2. The van der Waals surface area contributed by atoms with Gasteiger partial charge in [0.15, 0.2) is 0 Å². The van der Waals surface area contributed by atoms with E-state index in [9.17, 15) is 13.2 Å². The number of fused-ring (bicyclic) bond motifs is 1. The molecule has 8 heteroatoms. The van der Waals surface area contributed by atoms with E-state index in [0.717, 1.165) is 11.3 Å². The summed E-state index contributed by atoms with van der Waals surface area (Å²) in [5.74, 6) is 0.756. The zero-order chi connectivity index (χ0) is 17.8. The zero-order valence-electron chi connectivity index (χ0n) is 14.3. The average molecular weight is 366 g/mol. The molecule has 0 saturated carbocycles. The number of amides is 1. The van der Waals surface area contributed by atoms with Gasteiger partial charge >= 0.3 is 0 Å². The van der Waals surface area contributed by atoms with Crippen LogP contribution < -0.4 is 4.74 Å². The molecule has 1 spiro atoms. The quantitative estimate of drug-likeness (QED) is 0.767. The van der Waals surface area contributed by atoms with Crippen molar-refractivity contribution in [1.82, 2.24) is 9.21 Å². The molecule has 2 bridgehead atoms. The molecule has 1 amide bonds. The minimum absolute atomic E-state index is 0.00504. The number of methoxy groups -OCH3 is 1. The molecule has 3 aliphatic heterocycles. The third-order valence-electron chi connectivity index (χ3n) is 5.50. The van der Waals surface area contributed by atoms with Gasteiger partial charge < -0.3 is 14.4 Å². The van der Waals surface area contributed by atoms with Crippen LogP contribution in [0.25, 0.3) is 0 Å². The second-order valence-corrected chi connectivity index (χ2v) is 9.35. The van der Waals surface area contributed by atoms with Crippen molar-refractivity contribution in [2.24, 2.45) is 0 Å². The number of rotatable bonds is 3. The maximum atomic E-state index is 12.7. The van der Waals surface area contributed by atoms with Gasteiger partial charge in [-0.15, -0.1) is 0 Å². The van der Waals surface area contributed by atoms with Crippen molar-refractivity contribution in [2.45, 2.75) is 29.8 Å². The minimum atomic E-state index is -3.33. The highest BCUT2D eigenvalue weighted by molar-refractivity contribution is 7.90. The van der Waals surface area contributed by atoms with Gasteiger partial charge in [-0.3, -0.25) is 4.79 Å². The number of hydrogen-bond donors (Lipinski definition) is 0. The van der Waals surface area contributed by atoms with Gasteiger partial charge in [0.25, 0.3) is 0 Å². The van der Waals surface area contributed by atoms with E-state index in [1.807, 2.05) is 24.3 Å². The van der Waals surface area contributed by atoms with E-state index in [-0.39, 0.29) is 12.0 Å². The van der Waals surface area contributed by atoms with E-state index in [1.54, 1.807) is 19.1 Å². The summed E-state index contributed by atoms with van der Waals surface area (Å²) >= 11 is 0. The zero-order valence-corrected chi connectivity index (χ0v) is 15.2. The normalized spacial score (nSPS) is 33.3. The van der Waals surface area contributed by atoms with Crippen LogP contribution in [0.1, 0.15) is 12.0 Å². The molecule has 3 atom stereocenters. The number of nitrogens with zero attached hydrogens (tertiary/aromatic N) is 2. The third kappa shape index (κ3) is 2.63. The van der Waals surface area contributed by atoms with Gasteiger partial charge in [0.2, 0.25) is 15.9 Å². The highest BCUT2D eigenvalue weighted by Gasteiger charge is 2.64. The summed E-state index contributed by atoms with van der Waals surface area (Å²) in [6.07, 6.45) is 0.570. The fourth-order valence-electron chi connectivity index (χ4n) is 4.28. The van der Waals surface area contributed by atoms with Gasteiger partial charge in [-0.2, -0.15) is 0 Å². The monoisotopic (exact) mass is 366 g/mol. The SMILES string of the molecule is COc1ccc(CC(=O)N2C[C@H]3C[C@H]4[C@](C2)(CN(C)S4(=O)=O)O3)cc1. The van der Waals surface area contributed by atoms with Crippen LogP contribution in [0.2, 0.25) is 0 Å². The van der Waals surface area contributed by atoms with E-state index < -0.39 is 20.9 Å². The molecule has 7 nitrogen and oxygen atoms in total. The van der Waals surface area contributed by atoms with Crippen LogP contribution in [0.5, 0.6) is 5.75 Å². The van der Waals surface area contributed by atoms with Crippen LogP contribution in [0.4, 0.5) is 0 Å². The van der Waals surface area contributed by atoms with Crippen molar-refractivity contribution in [2.75, 3.05) is 33.8 Å². The molecule has 136 valence electrons. The lowest BCUT2D eigenvalue weighted by molar-refractivity contribution is -0.149. The van der Waals surface area contributed by atoms with Gasteiger partial charge in [-0.25, -0.2) is 12.7 Å². The molecule has 1 aromatic carbocycles. The first-order chi connectivity index (χ1) is 11.8. The summed E-state index contributed by atoms with van der Waals surface area (Å²) in [4.78, 5) is 14.5. The Morgan fingerprint density at radius 1 is 1.32 bits per heavy atom. The lowest BCUT2D eigenvalue weighted by Gasteiger charge is -2.39.